The number of halogens is 1. The van der Waals surface area contributed by atoms with Crippen LogP contribution in [0.3, 0.4) is 0 Å². The zero-order valence-corrected chi connectivity index (χ0v) is 29.4. The average molecular weight is 730 g/mol. The monoisotopic (exact) mass is 729 g/mol. The highest BCUT2D eigenvalue weighted by Gasteiger charge is 2.38. The van der Waals surface area contributed by atoms with Gasteiger partial charge in [0.2, 0.25) is 18.9 Å². The van der Waals surface area contributed by atoms with Crippen molar-refractivity contribution in [2.24, 2.45) is 0 Å². The van der Waals surface area contributed by atoms with Crippen molar-refractivity contribution in [3.63, 3.8) is 0 Å². The normalized spacial score (nSPS) is 15.9. The summed E-state index contributed by atoms with van der Waals surface area (Å²) < 4.78 is 67.5. The van der Waals surface area contributed by atoms with Crippen LogP contribution in [0, 0.1) is 0 Å². The average Bonchev–Trinajstić information content (AvgIpc) is 3.62. The Balaban J connectivity index is 1.60. The van der Waals surface area contributed by atoms with Crippen molar-refractivity contribution in [3.8, 4) is 0 Å². The topological polar surface area (TPSA) is 217 Å². The molecule has 1 fully saturated rings. The van der Waals surface area contributed by atoms with Crippen LogP contribution in [-0.4, -0.2) is 94.3 Å². The van der Waals surface area contributed by atoms with E-state index in [2.05, 4.69) is 29.9 Å². The first-order chi connectivity index (χ1) is 22.2. The van der Waals surface area contributed by atoms with E-state index in [4.69, 9.17) is 39.4 Å². The van der Waals surface area contributed by atoms with Crippen LogP contribution < -0.4 is 5.32 Å². The summed E-state index contributed by atoms with van der Waals surface area (Å²) in [5.41, 5.74) is 1.20. The summed E-state index contributed by atoms with van der Waals surface area (Å²) >= 11 is 6.20. The molecule has 2 aromatic rings. The molecule has 0 spiro atoms. The van der Waals surface area contributed by atoms with Crippen LogP contribution in [0.4, 0.5) is 15.4 Å². The number of anilines is 1. The molecule has 3 rings (SSSR count). The van der Waals surface area contributed by atoms with Crippen LogP contribution in [-0.2, 0) is 52.8 Å². The maximum atomic E-state index is 13.3. The van der Waals surface area contributed by atoms with Gasteiger partial charge in [0.25, 0.3) is 0 Å². The molecule has 1 unspecified atom stereocenters. The van der Waals surface area contributed by atoms with Crippen molar-refractivity contribution in [2.75, 3.05) is 38.5 Å². The highest BCUT2D eigenvalue weighted by molar-refractivity contribution is 7.70. The number of hydrogen-bond acceptors (Lipinski definition) is 16. The molecule has 0 aromatic carbocycles. The molecular formula is C26H42ClN5O13P2. The lowest BCUT2D eigenvalue weighted by Gasteiger charge is -2.22. The van der Waals surface area contributed by atoms with Crippen LogP contribution in [0.5, 0.6) is 0 Å². The molecule has 2 atom stereocenters. The number of rotatable bonds is 19. The molecule has 266 valence electrons. The van der Waals surface area contributed by atoms with Gasteiger partial charge in [-0.1, -0.05) is 12.8 Å². The first-order valence-corrected chi connectivity index (χ1v) is 18.8. The number of carbonyl (C=O) groups is 2. The molecule has 0 aliphatic heterocycles. The Morgan fingerprint density at radius 1 is 1.04 bits per heavy atom. The minimum atomic E-state index is -4.71. The van der Waals surface area contributed by atoms with Crippen LogP contribution in [0.15, 0.2) is 6.20 Å². The number of nitrogens with zero attached hydrogens (tertiary/aromatic N) is 4. The lowest BCUT2D eigenvalue weighted by Crippen LogP contribution is -2.20. The molecule has 0 bridgehead atoms. The number of imidazole rings is 1. The quantitative estimate of drug-likeness (QED) is 0.104. The van der Waals surface area contributed by atoms with E-state index in [0.717, 1.165) is 25.7 Å². The molecule has 18 nitrogen and oxygen atoms in total. The summed E-state index contributed by atoms with van der Waals surface area (Å²) in [5.74, 6) is -0.643. The highest BCUT2D eigenvalue weighted by atomic mass is 35.5. The third-order valence-corrected chi connectivity index (χ3v) is 11.0. The van der Waals surface area contributed by atoms with Gasteiger partial charge in [0.1, 0.15) is 0 Å². The Hall–Kier alpha value is -2.56. The summed E-state index contributed by atoms with van der Waals surface area (Å²) in [6, 6.07) is 0.281. The Bertz CT molecular complexity index is 1390. The second kappa shape index (κ2) is 18.3. The number of ether oxygens (including phenoxy) is 5. The number of nitrogens with one attached hydrogen (secondary N) is 1. The molecular weight excluding hydrogens is 688 g/mol. The van der Waals surface area contributed by atoms with Crippen LogP contribution in [0.25, 0.3) is 5.65 Å². The maximum absolute atomic E-state index is 13.3. The Labute approximate surface area is 277 Å². The maximum Gasteiger partial charge on any atom is 0.510 e. The molecule has 2 aromatic heterocycles. The van der Waals surface area contributed by atoms with Gasteiger partial charge in [-0.2, -0.15) is 4.98 Å². The molecule has 47 heavy (non-hydrogen) atoms. The van der Waals surface area contributed by atoms with Crippen molar-refractivity contribution in [2.45, 2.75) is 90.6 Å². The van der Waals surface area contributed by atoms with Gasteiger partial charge >= 0.3 is 27.5 Å². The predicted octanol–water partition coefficient (Wildman–Crippen LogP) is 5.50. The summed E-state index contributed by atoms with van der Waals surface area (Å²) in [4.78, 5) is 42.6. The number of carbonyl (C=O) groups excluding carboxylic acids is 2. The largest absolute Gasteiger partial charge is 0.510 e. The summed E-state index contributed by atoms with van der Waals surface area (Å²) in [5, 5.41) is 7.71. The number of fused-ring (bicyclic) bond motifs is 1. The van der Waals surface area contributed by atoms with E-state index >= 15 is 0 Å². The lowest BCUT2D eigenvalue weighted by atomic mass is 10.2. The van der Waals surface area contributed by atoms with Crippen LogP contribution in [0.2, 0.25) is 5.28 Å². The molecule has 21 heteroatoms. The third kappa shape index (κ3) is 13.5. The standard InChI is InChI=1S/C26H42ClN5O13P2/c1-17(2)44-25(33)39-14-42-47(37,43-15-40-26(34)45-18(3)4)16-46(35,36)41-13-21(38-5)11-10-20-12-28-23-22(29-19-8-6-7-9-19)30-24(27)31-32(20)23/h12,17-19,21H,6-11,13-16H2,1-5H3,(H,35,36)(H,29,30,31)/t21-/m0/s1. The summed E-state index contributed by atoms with van der Waals surface area (Å²) in [6.07, 6.45) is 2.63. The zero-order chi connectivity index (χ0) is 34.6. The number of aromatic nitrogens is 4. The fraction of sp³-hybridized carbons (Fsp3) is 0.731. The van der Waals surface area contributed by atoms with E-state index in [1.807, 2.05) is 0 Å². The van der Waals surface area contributed by atoms with E-state index in [1.165, 1.54) is 7.11 Å². The zero-order valence-electron chi connectivity index (χ0n) is 26.9. The molecule has 1 aliphatic carbocycles. The fourth-order valence-corrected chi connectivity index (χ4v) is 8.14. The van der Waals surface area contributed by atoms with Gasteiger partial charge in [0.15, 0.2) is 17.4 Å². The highest BCUT2D eigenvalue weighted by Crippen LogP contribution is 2.61. The van der Waals surface area contributed by atoms with Gasteiger partial charge in [-0.3, -0.25) is 18.2 Å². The van der Waals surface area contributed by atoms with E-state index in [-0.39, 0.29) is 17.9 Å². The molecule has 1 saturated carbocycles. The van der Waals surface area contributed by atoms with Crippen molar-refractivity contribution in [1.29, 1.82) is 0 Å². The molecule has 2 N–H and O–H groups in total. The molecule has 0 saturated heterocycles. The van der Waals surface area contributed by atoms with E-state index in [9.17, 15) is 23.6 Å². The van der Waals surface area contributed by atoms with E-state index in [0.29, 0.717) is 30.0 Å². The third-order valence-electron chi connectivity index (χ3n) is 6.49. The van der Waals surface area contributed by atoms with Gasteiger partial charge in [0.05, 0.1) is 36.8 Å². The second-order valence-corrected chi connectivity index (χ2v) is 15.8. The van der Waals surface area contributed by atoms with Crippen LogP contribution in [0.1, 0.15) is 65.5 Å². The first kappa shape index (κ1) is 38.9. The molecule has 1 aliphatic rings. The fourth-order valence-electron chi connectivity index (χ4n) is 4.35. The predicted molar refractivity (Wildman–Crippen MR) is 166 cm³/mol. The Morgan fingerprint density at radius 3 is 2.19 bits per heavy atom. The van der Waals surface area contributed by atoms with Crippen LogP contribution >= 0.6 is 26.8 Å². The lowest BCUT2D eigenvalue weighted by molar-refractivity contribution is -0.0297. The first-order valence-electron chi connectivity index (χ1n) is 14.9. The van der Waals surface area contributed by atoms with E-state index < -0.39 is 65.3 Å². The van der Waals surface area contributed by atoms with Gasteiger partial charge in [-0.25, -0.2) is 19.1 Å². The number of aryl methyl sites for hydroxylation is 1. The Kier molecular flexibility index (Phi) is 15.1. The van der Waals surface area contributed by atoms with Crippen molar-refractivity contribution >= 4 is 50.6 Å². The van der Waals surface area contributed by atoms with Crippen molar-refractivity contribution in [1.82, 2.24) is 19.6 Å². The minimum Gasteiger partial charge on any atom is -0.432 e. The molecule has 0 amide bonds. The van der Waals surface area contributed by atoms with Crippen molar-refractivity contribution < 1.29 is 60.9 Å². The van der Waals surface area contributed by atoms with Gasteiger partial charge in [-0.15, -0.1) is 5.10 Å². The van der Waals surface area contributed by atoms with E-state index in [1.54, 1.807) is 38.4 Å². The number of methoxy groups -OCH3 is 1. The van der Waals surface area contributed by atoms with Gasteiger partial charge in [0, 0.05) is 13.2 Å². The molecule has 2 heterocycles. The van der Waals surface area contributed by atoms with Gasteiger partial charge < -0.3 is 38.4 Å². The van der Waals surface area contributed by atoms with Crippen molar-refractivity contribution in [3.05, 3.63) is 17.2 Å². The Morgan fingerprint density at radius 2 is 1.64 bits per heavy atom. The second-order valence-electron chi connectivity index (χ2n) is 11.0. The number of hydrogen-bond donors (Lipinski definition) is 2. The van der Waals surface area contributed by atoms with Gasteiger partial charge in [-0.05, 0) is 65.0 Å². The smallest absolute Gasteiger partial charge is 0.432 e. The SMILES string of the molecule is CO[C@@H](CCc1cnc2c(NC3CCCC3)nc(Cl)nn12)COP(=O)(O)CP(=O)(OCOC(=O)OC(C)C)OCOC(=O)OC(C)C. The molecule has 0 radical (unpaired) electrons. The summed E-state index contributed by atoms with van der Waals surface area (Å²) in [7, 11) is -7.89. The minimum absolute atomic E-state index is 0.0448. The summed E-state index contributed by atoms with van der Waals surface area (Å²) in [6.45, 7) is 3.97.